The van der Waals surface area contributed by atoms with E-state index in [4.69, 9.17) is 4.74 Å². The van der Waals surface area contributed by atoms with E-state index in [0.29, 0.717) is 6.04 Å². The van der Waals surface area contributed by atoms with Crippen LogP contribution in [-0.2, 0) is 0 Å². The van der Waals surface area contributed by atoms with E-state index in [1.165, 1.54) is 5.56 Å². The van der Waals surface area contributed by atoms with Crippen molar-refractivity contribution in [2.75, 3.05) is 14.2 Å². The van der Waals surface area contributed by atoms with Crippen LogP contribution < -0.4 is 10.1 Å². The van der Waals surface area contributed by atoms with Crippen LogP contribution in [0.5, 0.6) is 5.75 Å². The molecule has 13 heavy (non-hydrogen) atoms. The molecule has 0 aliphatic carbocycles. The smallest absolute Gasteiger partial charge is 0.123 e. The zero-order chi connectivity index (χ0) is 9.84. The van der Waals surface area contributed by atoms with E-state index in [0.717, 1.165) is 10.2 Å². The molecule has 0 saturated heterocycles. The van der Waals surface area contributed by atoms with E-state index in [1.54, 1.807) is 7.11 Å². The number of rotatable bonds is 3. The first-order chi connectivity index (χ1) is 6.19. The predicted molar refractivity (Wildman–Crippen MR) is 58.2 cm³/mol. The topological polar surface area (TPSA) is 21.3 Å². The molecule has 0 unspecified atom stereocenters. The number of hydrogen-bond acceptors (Lipinski definition) is 2. The maximum absolute atomic E-state index is 5.26. The minimum atomic E-state index is 0.299. The Balaban J connectivity index is 3.07. The molecule has 0 spiro atoms. The van der Waals surface area contributed by atoms with Crippen LogP contribution in [0.2, 0.25) is 0 Å². The van der Waals surface area contributed by atoms with Gasteiger partial charge < -0.3 is 10.1 Å². The van der Waals surface area contributed by atoms with Crippen LogP contribution in [0.15, 0.2) is 22.7 Å². The highest BCUT2D eigenvalue weighted by Crippen LogP contribution is 2.27. The normalized spacial score (nSPS) is 12.6. The highest BCUT2D eigenvalue weighted by atomic mass is 79.9. The average Bonchev–Trinajstić information content (AvgIpc) is 2.16. The first kappa shape index (κ1) is 10.5. The molecule has 72 valence electrons. The van der Waals surface area contributed by atoms with Gasteiger partial charge in [-0.25, -0.2) is 0 Å². The Morgan fingerprint density at radius 3 is 2.69 bits per heavy atom. The summed E-state index contributed by atoms with van der Waals surface area (Å²) in [6.45, 7) is 2.10. The van der Waals surface area contributed by atoms with Gasteiger partial charge in [-0.1, -0.05) is 15.9 Å². The molecule has 0 bridgehead atoms. The lowest BCUT2D eigenvalue weighted by molar-refractivity contribution is 0.403. The van der Waals surface area contributed by atoms with Crippen molar-refractivity contribution in [3.63, 3.8) is 0 Å². The minimum Gasteiger partial charge on any atom is -0.496 e. The third kappa shape index (κ3) is 2.45. The van der Waals surface area contributed by atoms with E-state index in [9.17, 15) is 0 Å². The molecular weight excluding hydrogens is 230 g/mol. The summed E-state index contributed by atoms with van der Waals surface area (Å²) in [5, 5.41) is 3.18. The fraction of sp³-hybridized carbons (Fsp3) is 0.400. The highest BCUT2D eigenvalue weighted by Gasteiger charge is 2.09. The largest absolute Gasteiger partial charge is 0.496 e. The van der Waals surface area contributed by atoms with E-state index in [2.05, 4.69) is 34.2 Å². The summed E-state index contributed by atoms with van der Waals surface area (Å²) < 4.78 is 6.34. The van der Waals surface area contributed by atoms with Gasteiger partial charge in [0, 0.05) is 16.1 Å². The van der Waals surface area contributed by atoms with Crippen LogP contribution in [0.4, 0.5) is 0 Å². The molecule has 1 aromatic carbocycles. The first-order valence-electron chi connectivity index (χ1n) is 4.19. The number of nitrogens with one attached hydrogen (secondary N) is 1. The van der Waals surface area contributed by atoms with Gasteiger partial charge in [-0.3, -0.25) is 0 Å². The molecular formula is C10H14BrNO. The van der Waals surface area contributed by atoms with Crippen molar-refractivity contribution >= 4 is 15.9 Å². The molecule has 1 aromatic rings. The maximum Gasteiger partial charge on any atom is 0.123 e. The summed E-state index contributed by atoms with van der Waals surface area (Å²) in [7, 11) is 3.63. The van der Waals surface area contributed by atoms with Gasteiger partial charge in [-0.05, 0) is 32.2 Å². The van der Waals surface area contributed by atoms with Crippen molar-refractivity contribution < 1.29 is 4.74 Å². The first-order valence-corrected chi connectivity index (χ1v) is 4.99. The van der Waals surface area contributed by atoms with Crippen LogP contribution in [0, 0.1) is 0 Å². The molecule has 0 radical (unpaired) electrons. The Hall–Kier alpha value is -0.540. The van der Waals surface area contributed by atoms with Crippen LogP contribution in [-0.4, -0.2) is 14.2 Å². The van der Waals surface area contributed by atoms with Crippen molar-refractivity contribution in [2.24, 2.45) is 0 Å². The van der Waals surface area contributed by atoms with E-state index >= 15 is 0 Å². The van der Waals surface area contributed by atoms with Crippen molar-refractivity contribution in [3.8, 4) is 5.75 Å². The highest BCUT2D eigenvalue weighted by molar-refractivity contribution is 9.10. The van der Waals surface area contributed by atoms with Crippen molar-refractivity contribution in [1.29, 1.82) is 0 Å². The molecule has 1 rings (SSSR count). The van der Waals surface area contributed by atoms with Gasteiger partial charge >= 0.3 is 0 Å². The molecule has 0 heterocycles. The molecule has 0 aliphatic heterocycles. The number of methoxy groups -OCH3 is 1. The summed E-state index contributed by atoms with van der Waals surface area (Å²) in [6.07, 6.45) is 0. The summed E-state index contributed by atoms with van der Waals surface area (Å²) >= 11 is 3.44. The van der Waals surface area contributed by atoms with Gasteiger partial charge in [-0.15, -0.1) is 0 Å². The van der Waals surface area contributed by atoms with Gasteiger partial charge in [0.05, 0.1) is 7.11 Å². The second-order valence-corrected chi connectivity index (χ2v) is 3.81. The number of halogens is 1. The molecule has 1 atom stereocenters. The van der Waals surface area contributed by atoms with Gasteiger partial charge in [0.1, 0.15) is 5.75 Å². The van der Waals surface area contributed by atoms with Crippen LogP contribution in [0.3, 0.4) is 0 Å². The lowest BCUT2D eigenvalue weighted by Gasteiger charge is -2.14. The van der Waals surface area contributed by atoms with E-state index in [1.807, 2.05) is 19.2 Å². The summed E-state index contributed by atoms with van der Waals surface area (Å²) in [4.78, 5) is 0. The third-order valence-corrected chi connectivity index (χ3v) is 2.58. The molecule has 0 fully saturated rings. The van der Waals surface area contributed by atoms with Crippen LogP contribution in [0.1, 0.15) is 18.5 Å². The lowest BCUT2D eigenvalue weighted by atomic mass is 10.1. The average molecular weight is 244 g/mol. The Morgan fingerprint density at radius 1 is 1.46 bits per heavy atom. The Morgan fingerprint density at radius 2 is 2.15 bits per heavy atom. The molecule has 3 heteroatoms. The number of ether oxygens (including phenoxy) is 1. The van der Waals surface area contributed by atoms with Crippen molar-refractivity contribution in [1.82, 2.24) is 5.32 Å². The van der Waals surface area contributed by atoms with Gasteiger partial charge in [0.25, 0.3) is 0 Å². The Kier molecular flexibility index (Phi) is 3.75. The van der Waals surface area contributed by atoms with Gasteiger partial charge in [0.15, 0.2) is 0 Å². The zero-order valence-electron chi connectivity index (χ0n) is 8.10. The molecule has 1 N–H and O–H groups in total. The second-order valence-electron chi connectivity index (χ2n) is 2.90. The fourth-order valence-corrected chi connectivity index (χ4v) is 1.58. The van der Waals surface area contributed by atoms with Gasteiger partial charge in [-0.2, -0.15) is 0 Å². The number of benzene rings is 1. The lowest BCUT2D eigenvalue weighted by Crippen LogP contribution is -2.13. The summed E-state index contributed by atoms with van der Waals surface area (Å²) in [6, 6.07) is 6.31. The molecule has 0 aromatic heterocycles. The summed E-state index contributed by atoms with van der Waals surface area (Å²) in [5.41, 5.74) is 1.17. The van der Waals surface area contributed by atoms with Crippen LogP contribution in [0.25, 0.3) is 0 Å². The molecule has 0 aliphatic rings. The number of hydrogen-bond donors (Lipinski definition) is 1. The fourth-order valence-electron chi connectivity index (χ4n) is 1.20. The maximum atomic E-state index is 5.26. The quantitative estimate of drug-likeness (QED) is 0.882. The van der Waals surface area contributed by atoms with E-state index < -0.39 is 0 Å². The van der Waals surface area contributed by atoms with Crippen LogP contribution >= 0.6 is 15.9 Å². The molecule has 0 saturated carbocycles. The summed E-state index contributed by atoms with van der Waals surface area (Å²) in [5.74, 6) is 0.921. The van der Waals surface area contributed by atoms with Gasteiger partial charge in [0.2, 0.25) is 0 Å². The molecule has 0 amide bonds. The molecule has 2 nitrogen and oxygen atoms in total. The zero-order valence-corrected chi connectivity index (χ0v) is 9.68. The van der Waals surface area contributed by atoms with Crippen molar-refractivity contribution in [3.05, 3.63) is 28.2 Å². The van der Waals surface area contributed by atoms with Crippen molar-refractivity contribution in [2.45, 2.75) is 13.0 Å². The standard InChI is InChI=1S/C10H14BrNO/c1-7(12-2)9-6-8(11)4-5-10(9)13-3/h4-7,12H,1-3H3/t7-/m1/s1. The Bertz CT molecular complexity index is 288. The predicted octanol–water partition coefficient (Wildman–Crippen LogP) is 2.74. The Labute approximate surface area is 87.4 Å². The minimum absolute atomic E-state index is 0.299. The second kappa shape index (κ2) is 4.63. The SMILES string of the molecule is CN[C@H](C)c1cc(Br)ccc1OC. The van der Waals surface area contributed by atoms with E-state index in [-0.39, 0.29) is 0 Å². The monoisotopic (exact) mass is 243 g/mol. The third-order valence-electron chi connectivity index (χ3n) is 2.09.